The van der Waals surface area contributed by atoms with Gasteiger partial charge in [0.05, 0.1) is 18.3 Å². The van der Waals surface area contributed by atoms with Crippen LogP contribution in [0.5, 0.6) is 17.2 Å². The first-order chi connectivity index (χ1) is 12.9. The monoisotopic (exact) mass is 372 g/mol. The first kappa shape index (κ1) is 17.8. The average Bonchev–Trinajstić information content (AvgIpc) is 2.67. The quantitative estimate of drug-likeness (QED) is 0.430. The van der Waals surface area contributed by atoms with Crippen LogP contribution in [0, 0.1) is 5.92 Å². The number of hydrogen-bond acceptors (Lipinski definition) is 7. The molecule has 2 aromatic rings. The molecule has 7 nitrogen and oxygen atoms in total. The fraction of sp³-hybridized carbons (Fsp3) is 0.350. The van der Waals surface area contributed by atoms with Gasteiger partial charge < -0.3 is 30.6 Å². The molecular weight excluding hydrogens is 352 g/mol. The molecule has 2 aliphatic rings. The second kappa shape index (κ2) is 6.23. The normalized spacial score (nSPS) is 22.0. The van der Waals surface area contributed by atoms with Gasteiger partial charge in [-0.1, -0.05) is 12.1 Å². The summed E-state index contributed by atoms with van der Waals surface area (Å²) in [6.45, 7) is -0.415. The lowest BCUT2D eigenvalue weighted by atomic mass is 9.74. The molecule has 4 rings (SSSR count). The van der Waals surface area contributed by atoms with Crippen LogP contribution in [0.4, 0.5) is 0 Å². The Morgan fingerprint density at radius 3 is 2.52 bits per heavy atom. The van der Waals surface area contributed by atoms with Gasteiger partial charge in [-0.05, 0) is 31.2 Å². The molecule has 0 radical (unpaired) electrons. The molecule has 142 valence electrons. The number of ketones is 1. The molecule has 0 fully saturated rings. The second-order valence-electron chi connectivity index (χ2n) is 7.17. The van der Waals surface area contributed by atoms with E-state index in [9.17, 15) is 35.4 Å². The average molecular weight is 372 g/mol. The summed E-state index contributed by atoms with van der Waals surface area (Å²) in [5.41, 5.74) is 0.543. The maximum Gasteiger partial charge on any atom is 0.197 e. The number of aromatic hydroxyl groups is 3. The summed E-state index contributed by atoms with van der Waals surface area (Å²) in [4.78, 5) is 13.0. The zero-order chi connectivity index (χ0) is 19.5. The van der Waals surface area contributed by atoms with Gasteiger partial charge in [0.25, 0.3) is 0 Å². The van der Waals surface area contributed by atoms with Crippen LogP contribution in [0.2, 0.25) is 0 Å². The standard InChI is InChI=1S/C20H20O7/c21-7-13(23)8-4-5-9-11(6-8)19(26)15-16(17(9)24)20(27)14-10(18(15)25)2-1-3-12(14)22/h1-3,8,13,20-24,26-27H,4-7H2/t8?,13-,20-/m0/s1. The van der Waals surface area contributed by atoms with Crippen molar-refractivity contribution in [3.05, 3.63) is 51.6 Å². The number of phenols is 3. The summed E-state index contributed by atoms with van der Waals surface area (Å²) < 4.78 is 0. The van der Waals surface area contributed by atoms with Crippen LogP contribution in [-0.2, 0) is 12.8 Å². The van der Waals surface area contributed by atoms with Crippen molar-refractivity contribution in [1.82, 2.24) is 0 Å². The molecule has 2 aromatic carbocycles. The van der Waals surface area contributed by atoms with Gasteiger partial charge in [-0.3, -0.25) is 4.79 Å². The van der Waals surface area contributed by atoms with E-state index in [4.69, 9.17) is 0 Å². The molecule has 0 bridgehead atoms. The minimum atomic E-state index is -1.45. The van der Waals surface area contributed by atoms with Crippen molar-refractivity contribution < 1.29 is 35.4 Å². The lowest BCUT2D eigenvalue weighted by Gasteiger charge is -2.33. The second-order valence-corrected chi connectivity index (χ2v) is 7.17. The Labute approximate surface area is 154 Å². The van der Waals surface area contributed by atoms with Crippen LogP contribution in [0.15, 0.2) is 18.2 Å². The molecule has 0 heterocycles. The zero-order valence-electron chi connectivity index (χ0n) is 14.4. The van der Waals surface area contributed by atoms with Crippen LogP contribution in [0.25, 0.3) is 0 Å². The molecule has 0 aromatic heterocycles. The predicted molar refractivity (Wildman–Crippen MR) is 94.0 cm³/mol. The van der Waals surface area contributed by atoms with E-state index in [1.807, 2.05) is 0 Å². The number of phenolic OH excluding ortho intramolecular Hbond substituents is 3. The predicted octanol–water partition coefficient (Wildman–Crippen LogP) is 0.888. The third-order valence-corrected chi connectivity index (χ3v) is 5.76. The van der Waals surface area contributed by atoms with Crippen LogP contribution in [0.3, 0.4) is 0 Å². The van der Waals surface area contributed by atoms with E-state index in [1.165, 1.54) is 18.2 Å². The Kier molecular flexibility index (Phi) is 4.10. The molecule has 0 aliphatic heterocycles. The summed E-state index contributed by atoms with van der Waals surface area (Å²) in [5, 5.41) is 61.5. The van der Waals surface area contributed by atoms with Crippen LogP contribution in [0.1, 0.15) is 50.7 Å². The minimum absolute atomic E-state index is 0.00837. The van der Waals surface area contributed by atoms with Crippen molar-refractivity contribution in [2.45, 2.75) is 31.5 Å². The highest BCUT2D eigenvalue weighted by Crippen LogP contribution is 2.51. The smallest absolute Gasteiger partial charge is 0.197 e. The first-order valence-corrected chi connectivity index (χ1v) is 8.79. The van der Waals surface area contributed by atoms with E-state index in [2.05, 4.69) is 0 Å². The lowest BCUT2D eigenvalue weighted by molar-refractivity contribution is 0.0412. The zero-order valence-corrected chi connectivity index (χ0v) is 14.4. The topological polar surface area (TPSA) is 138 Å². The Bertz CT molecular complexity index is 950. The van der Waals surface area contributed by atoms with Crippen molar-refractivity contribution in [3.8, 4) is 17.2 Å². The van der Waals surface area contributed by atoms with Gasteiger partial charge in [-0.25, -0.2) is 0 Å². The maximum absolute atomic E-state index is 13.0. The summed E-state index contributed by atoms with van der Waals surface area (Å²) >= 11 is 0. The van der Waals surface area contributed by atoms with Crippen LogP contribution >= 0.6 is 0 Å². The van der Waals surface area contributed by atoms with Gasteiger partial charge in [-0.15, -0.1) is 0 Å². The number of aliphatic hydroxyl groups is 3. The number of fused-ring (bicyclic) bond motifs is 3. The fourth-order valence-corrected chi connectivity index (χ4v) is 4.32. The Balaban J connectivity index is 1.93. The minimum Gasteiger partial charge on any atom is -0.508 e. The Morgan fingerprint density at radius 1 is 1.07 bits per heavy atom. The molecule has 2 aliphatic carbocycles. The highest BCUT2D eigenvalue weighted by atomic mass is 16.3. The molecule has 0 saturated carbocycles. The molecule has 7 heteroatoms. The maximum atomic E-state index is 13.0. The summed E-state index contributed by atoms with van der Waals surface area (Å²) in [5.74, 6) is -1.77. The summed E-state index contributed by atoms with van der Waals surface area (Å²) in [7, 11) is 0. The van der Waals surface area contributed by atoms with E-state index < -0.39 is 24.6 Å². The highest BCUT2D eigenvalue weighted by Gasteiger charge is 2.40. The largest absolute Gasteiger partial charge is 0.508 e. The molecule has 0 saturated heterocycles. The molecule has 6 N–H and O–H groups in total. The van der Waals surface area contributed by atoms with Gasteiger partial charge in [0.2, 0.25) is 0 Å². The van der Waals surface area contributed by atoms with Crippen molar-refractivity contribution in [2.24, 2.45) is 5.92 Å². The third-order valence-electron chi connectivity index (χ3n) is 5.76. The molecule has 1 unspecified atom stereocenters. The van der Waals surface area contributed by atoms with Gasteiger partial charge in [0.1, 0.15) is 23.4 Å². The number of benzene rings is 2. The van der Waals surface area contributed by atoms with Crippen molar-refractivity contribution in [2.75, 3.05) is 6.61 Å². The first-order valence-electron chi connectivity index (χ1n) is 8.79. The van der Waals surface area contributed by atoms with Crippen molar-refractivity contribution >= 4 is 5.78 Å². The fourth-order valence-electron chi connectivity index (χ4n) is 4.32. The summed E-state index contributed by atoms with van der Waals surface area (Å²) in [6.07, 6.45) is -1.43. The van der Waals surface area contributed by atoms with Crippen molar-refractivity contribution in [1.29, 1.82) is 0 Å². The number of hydrogen-bond donors (Lipinski definition) is 6. The van der Waals surface area contributed by atoms with Gasteiger partial charge in [0, 0.05) is 27.8 Å². The van der Waals surface area contributed by atoms with Crippen LogP contribution < -0.4 is 0 Å². The van der Waals surface area contributed by atoms with E-state index in [0.29, 0.717) is 24.0 Å². The molecule has 3 atom stereocenters. The SMILES string of the molecule is O=C1c2cccc(O)c2[C@H](O)c2c(O)c3c(c(O)c21)CC([C@@H](O)CO)CC3. The molecule has 27 heavy (non-hydrogen) atoms. The number of rotatable bonds is 2. The van der Waals surface area contributed by atoms with Gasteiger partial charge in [0.15, 0.2) is 5.78 Å². The number of carbonyl (C=O) groups excluding carboxylic acids is 1. The summed E-state index contributed by atoms with van der Waals surface area (Å²) in [6, 6.07) is 4.25. The van der Waals surface area contributed by atoms with E-state index >= 15 is 0 Å². The Morgan fingerprint density at radius 2 is 1.81 bits per heavy atom. The van der Waals surface area contributed by atoms with Crippen LogP contribution in [-0.4, -0.2) is 49.1 Å². The number of carbonyl (C=O) groups is 1. The highest BCUT2D eigenvalue weighted by molar-refractivity contribution is 6.15. The molecule has 0 amide bonds. The van der Waals surface area contributed by atoms with Gasteiger partial charge >= 0.3 is 0 Å². The van der Waals surface area contributed by atoms with Crippen molar-refractivity contribution in [3.63, 3.8) is 0 Å². The molecular formula is C20H20O7. The number of aliphatic hydroxyl groups excluding tert-OH is 3. The third kappa shape index (κ3) is 2.43. The Hall–Kier alpha value is -2.61. The van der Waals surface area contributed by atoms with E-state index in [1.54, 1.807) is 0 Å². The lowest BCUT2D eigenvalue weighted by Crippen LogP contribution is -2.30. The van der Waals surface area contributed by atoms with Gasteiger partial charge in [-0.2, -0.15) is 0 Å². The van der Waals surface area contributed by atoms with E-state index in [0.717, 1.165) is 0 Å². The molecule has 0 spiro atoms. The van der Waals surface area contributed by atoms with E-state index in [-0.39, 0.29) is 51.8 Å².